The second kappa shape index (κ2) is 7.09. The third-order valence-electron chi connectivity index (χ3n) is 3.42. The SMILES string of the molecule is C[C@@H](CCC(C#N)c1cccc(Cl)c1F)CC(C)(C)C. The van der Waals surface area contributed by atoms with Crippen LogP contribution in [0.5, 0.6) is 0 Å². The maximum atomic E-state index is 14.0. The lowest BCUT2D eigenvalue weighted by molar-refractivity contribution is 0.291. The number of hydrogen-bond donors (Lipinski definition) is 0. The Kier molecular flexibility index (Phi) is 6.02. The van der Waals surface area contributed by atoms with E-state index in [2.05, 4.69) is 33.8 Å². The number of halogens is 2. The van der Waals surface area contributed by atoms with Gasteiger partial charge in [0.25, 0.3) is 0 Å². The first kappa shape index (κ1) is 17.0. The maximum absolute atomic E-state index is 14.0. The largest absolute Gasteiger partial charge is 0.205 e. The highest BCUT2D eigenvalue weighted by Crippen LogP contribution is 2.32. The molecule has 0 saturated heterocycles. The van der Waals surface area contributed by atoms with E-state index in [0.717, 1.165) is 12.8 Å². The molecule has 1 nitrogen and oxygen atoms in total. The molecule has 0 radical (unpaired) electrons. The molecule has 0 aliphatic carbocycles. The van der Waals surface area contributed by atoms with Gasteiger partial charge in [0.05, 0.1) is 17.0 Å². The molecule has 3 heteroatoms. The van der Waals surface area contributed by atoms with Crippen LogP contribution < -0.4 is 0 Å². The smallest absolute Gasteiger partial charge is 0.146 e. The summed E-state index contributed by atoms with van der Waals surface area (Å²) in [6.07, 6.45) is 2.69. The van der Waals surface area contributed by atoms with E-state index < -0.39 is 11.7 Å². The van der Waals surface area contributed by atoms with Crippen molar-refractivity contribution in [2.24, 2.45) is 11.3 Å². The van der Waals surface area contributed by atoms with Crippen molar-refractivity contribution in [1.82, 2.24) is 0 Å². The topological polar surface area (TPSA) is 23.8 Å². The number of rotatable bonds is 5. The van der Waals surface area contributed by atoms with Gasteiger partial charge in [-0.2, -0.15) is 5.26 Å². The normalized spacial score (nSPS) is 14.7. The lowest BCUT2D eigenvalue weighted by Crippen LogP contribution is -2.12. The van der Waals surface area contributed by atoms with Crippen LogP contribution >= 0.6 is 11.6 Å². The van der Waals surface area contributed by atoms with Gasteiger partial charge in [0.15, 0.2) is 0 Å². The Labute approximate surface area is 126 Å². The predicted molar refractivity (Wildman–Crippen MR) is 82.2 cm³/mol. The molecule has 0 aliphatic heterocycles. The molecular weight excluding hydrogens is 273 g/mol. The van der Waals surface area contributed by atoms with E-state index in [1.54, 1.807) is 12.1 Å². The molecule has 0 fully saturated rings. The summed E-state index contributed by atoms with van der Waals surface area (Å²) in [6, 6.07) is 7.07. The quantitative estimate of drug-likeness (QED) is 0.659. The molecule has 20 heavy (non-hydrogen) atoms. The second-order valence-corrected chi connectivity index (χ2v) is 7.18. The average Bonchev–Trinajstić information content (AvgIpc) is 2.32. The summed E-state index contributed by atoms with van der Waals surface area (Å²) < 4.78 is 14.0. The fourth-order valence-corrected chi connectivity index (χ4v) is 2.86. The fourth-order valence-electron chi connectivity index (χ4n) is 2.68. The molecule has 0 N–H and O–H groups in total. The van der Waals surface area contributed by atoms with Gasteiger partial charge in [-0.05, 0) is 36.7 Å². The molecule has 0 aromatic heterocycles. The Morgan fingerprint density at radius 3 is 2.50 bits per heavy atom. The van der Waals surface area contributed by atoms with Crippen molar-refractivity contribution < 1.29 is 4.39 Å². The van der Waals surface area contributed by atoms with Crippen LogP contribution in [0.1, 0.15) is 58.4 Å². The Balaban J connectivity index is 2.70. The van der Waals surface area contributed by atoms with Gasteiger partial charge in [-0.25, -0.2) is 4.39 Å². The highest BCUT2D eigenvalue weighted by Gasteiger charge is 2.20. The third kappa shape index (κ3) is 5.13. The summed E-state index contributed by atoms with van der Waals surface area (Å²) in [5.74, 6) is -0.353. The van der Waals surface area contributed by atoms with Gasteiger partial charge in [0, 0.05) is 5.56 Å². The molecule has 1 rings (SSSR count). The summed E-state index contributed by atoms with van der Waals surface area (Å²) in [4.78, 5) is 0. The van der Waals surface area contributed by atoms with Crippen molar-refractivity contribution in [2.45, 2.75) is 52.9 Å². The molecular formula is C17H23ClFN. The number of nitrogens with zero attached hydrogens (tertiary/aromatic N) is 1. The zero-order valence-electron chi connectivity index (χ0n) is 12.7. The first-order chi connectivity index (χ1) is 9.24. The molecule has 0 spiro atoms. The van der Waals surface area contributed by atoms with Crippen LogP contribution in [0.2, 0.25) is 5.02 Å². The highest BCUT2D eigenvalue weighted by atomic mass is 35.5. The van der Waals surface area contributed by atoms with Crippen molar-refractivity contribution in [2.75, 3.05) is 0 Å². The lowest BCUT2D eigenvalue weighted by atomic mass is 9.82. The molecule has 1 aromatic rings. The van der Waals surface area contributed by atoms with Crippen LogP contribution in [0.25, 0.3) is 0 Å². The molecule has 1 unspecified atom stereocenters. The minimum Gasteiger partial charge on any atom is -0.205 e. The second-order valence-electron chi connectivity index (χ2n) is 6.77. The Bertz CT molecular complexity index is 485. The summed E-state index contributed by atoms with van der Waals surface area (Å²) in [5, 5.41) is 9.37. The van der Waals surface area contributed by atoms with Gasteiger partial charge < -0.3 is 0 Å². The number of benzene rings is 1. The van der Waals surface area contributed by atoms with Gasteiger partial charge in [0.2, 0.25) is 0 Å². The Hall–Kier alpha value is -1.07. The number of nitriles is 1. The van der Waals surface area contributed by atoms with E-state index in [9.17, 15) is 9.65 Å². The van der Waals surface area contributed by atoms with Gasteiger partial charge in [-0.15, -0.1) is 0 Å². The van der Waals surface area contributed by atoms with E-state index in [4.69, 9.17) is 11.6 Å². The van der Waals surface area contributed by atoms with Crippen LogP contribution in [0.3, 0.4) is 0 Å². The molecule has 0 aliphatic rings. The van der Waals surface area contributed by atoms with E-state index in [1.807, 2.05) is 0 Å². The van der Waals surface area contributed by atoms with E-state index in [0.29, 0.717) is 17.9 Å². The summed E-state index contributed by atoms with van der Waals surface area (Å²) >= 11 is 5.78. The minimum absolute atomic E-state index is 0.0884. The minimum atomic E-state index is -0.454. The van der Waals surface area contributed by atoms with Crippen molar-refractivity contribution in [3.8, 4) is 6.07 Å². The summed E-state index contributed by atoms with van der Waals surface area (Å²) in [6.45, 7) is 8.82. The Morgan fingerprint density at radius 2 is 1.95 bits per heavy atom. The van der Waals surface area contributed by atoms with Crippen LogP contribution in [-0.4, -0.2) is 0 Å². The van der Waals surface area contributed by atoms with Crippen LogP contribution in [0, 0.1) is 28.5 Å². The van der Waals surface area contributed by atoms with Crippen LogP contribution in [0.4, 0.5) is 4.39 Å². The third-order valence-corrected chi connectivity index (χ3v) is 3.71. The molecule has 0 saturated carbocycles. The van der Waals surface area contributed by atoms with Gasteiger partial charge in [0.1, 0.15) is 5.82 Å². The summed E-state index contributed by atoms with van der Waals surface area (Å²) in [5.41, 5.74) is 0.700. The van der Waals surface area contributed by atoms with E-state index in [-0.39, 0.29) is 10.4 Å². The van der Waals surface area contributed by atoms with Crippen LogP contribution in [-0.2, 0) is 0 Å². The molecule has 2 atom stereocenters. The Morgan fingerprint density at radius 1 is 1.30 bits per heavy atom. The van der Waals surface area contributed by atoms with Gasteiger partial charge in [-0.3, -0.25) is 0 Å². The van der Waals surface area contributed by atoms with Crippen LogP contribution in [0.15, 0.2) is 18.2 Å². The highest BCUT2D eigenvalue weighted by molar-refractivity contribution is 6.30. The van der Waals surface area contributed by atoms with E-state index >= 15 is 0 Å². The molecule has 0 amide bonds. The van der Waals surface area contributed by atoms with Crippen molar-refractivity contribution >= 4 is 11.6 Å². The van der Waals surface area contributed by atoms with Crippen molar-refractivity contribution in [3.63, 3.8) is 0 Å². The molecule has 0 bridgehead atoms. The maximum Gasteiger partial charge on any atom is 0.146 e. The zero-order chi connectivity index (χ0) is 15.3. The van der Waals surface area contributed by atoms with Crippen molar-refractivity contribution in [1.29, 1.82) is 5.26 Å². The molecule has 1 aromatic carbocycles. The first-order valence-electron chi connectivity index (χ1n) is 7.08. The monoisotopic (exact) mass is 295 g/mol. The number of hydrogen-bond acceptors (Lipinski definition) is 1. The van der Waals surface area contributed by atoms with Gasteiger partial charge >= 0.3 is 0 Å². The first-order valence-corrected chi connectivity index (χ1v) is 7.46. The molecule has 110 valence electrons. The molecule has 0 heterocycles. The lowest BCUT2D eigenvalue weighted by Gasteiger charge is -2.23. The average molecular weight is 296 g/mol. The predicted octanol–water partition coefficient (Wildman–Crippen LogP) is 5.94. The summed E-state index contributed by atoms with van der Waals surface area (Å²) in [7, 11) is 0. The van der Waals surface area contributed by atoms with E-state index in [1.165, 1.54) is 6.07 Å². The van der Waals surface area contributed by atoms with Crippen molar-refractivity contribution in [3.05, 3.63) is 34.6 Å². The fraction of sp³-hybridized carbons (Fsp3) is 0.588. The van der Waals surface area contributed by atoms with Gasteiger partial charge in [-0.1, -0.05) is 51.4 Å². The zero-order valence-corrected chi connectivity index (χ0v) is 13.5. The standard InChI is InChI=1S/C17H23ClFN/c1-12(10-17(2,3)4)8-9-13(11-20)14-6-5-7-15(18)16(14)19/h5-7,12-13H,8-10H2,1-4H3/t12-,13?/m0/s1.